The van der Waals surface area contributed by atoms with E-state index in [1.165, 1.54) is 13.8 Å². The number of rotatable bonds is 24. The van der Waals surface area contributed by atoms with Gasteiger partial charge in [0.2, 0.25) is 70.2 Å². The number of esters is 1. The van der Waals surface area contributed by atoms with Crippen LogP contribution in [-0.2, 0) is 99.4 Å². The van der Waals surface area contributed by atoms with Crippen LogP contribution in [0.2, 0.25) is 0 Å². The van der Waals surface area contributed by atoms with Crippen LogP contribution in [0.3, 0.4) is 0 Å². The molecule has 35 nitrogen and oxygen atoms in total. The van der Waals surface area contributed by atoms with E-state index in [4.69, 9.17) is 47.1 Å². The molecule has 5 heterocycles. The van der Waals surface area contributed by atoms with Crippen LogP contribution in [0.5, 0.6) is 0 Å². The largest absolute Gasteiger partial charge is 0.509 e. The molecule has 4 fully saturated rings. The lowest BCUT2D eigenvalue weighted by Crippen LogP contribution is -2.54. The van der Waals surface area contributed by atoms with Gasteiger partial charge in [0.25, 0.3) is 0 Å². The SMILES string of the molecule is [C-]#[N+]c1ccc(-c2ccc(C3C(NS(=O)(=O)C(C)C)CCNS3(=O)=O)cc2)cc1.[C-]#[N+]c1ccc(-c2ccc(C3CNS(=O)(=O)CC3NS(=O)(=O)C(C)C)cc2)cc1.[C-]#[N+]c1ccc(-c2ccc(C3CNS(=O)(=O)N=C3NS(=O)(=O)C(C)C)cc2)cc1.[C-]#[N+]c1ccc(-c2ccc(C3OC(=O)CCC3NS(=O)(=O)C(C)C)cc2)cc1.[C-]#[N+]c1ccc(-c2ccc(C3OC(=O)OCC3NS(=O)(=O)C(C)C)cc2)cc1. The van der Waals surface area contributed by atoms with Crippen LogP contribution in [0.1, 0.15) is 146 Å². The molecule has 143 heavy (non-hydrogen) atoms. The van der Waals surface area contributed by atoms with Gasteiger partial charge in [-0.25, -0.2) is 116 Å². The van der Waals surface area contributed by atoms with E-state index in [9.17, 15) is 76.9 Å². The van der Waals surface area contributed by atoms with Crippen molar-refractivity contribution in [1.29, 1.82) is 0 Å². The highest BCUT2D eigenvalue weighted by Gasteiger charge is 2.43. The Balaban J connectivity index is 0.000000171. The van der Waals surface area contributed by atoms with Crippen LogP contribution in [0, 0.1) is 32.9 Å². The maximum atomic E-state index is 12.7. The molecule has 0 aromatic heterocycles. The second-order valence-electron chi connectivity index (χ2n) is 35.2. The molecule has 10 aromatic rings. The summed E-state index contributed by atoms with van der Waals surface area (Å²) in [6, 6.07) is 70.1. The Bertz CT molecular complexity index is 7270. The van der Waals surface area contributed by atoms with Crippen molar-refractivity contribution < 1.29 is 91.1 Å². The van der Waals surface area contributed by atoms with Crippen molar-refractivity contribution in [1.82, 2.24) is 37.8 Å². The minimum atomic E-state index is -3.94. The highest BCUT2D eigenvalue weighted by molar-refractivity contribution is 7.92. The molecule has 0 bridgehead atoms. The summed E-state index contributed by atoms with van der Waals surface area (Å²) < 4.78 is 235. The van der Waals surface area contributed by atoms with Crippen LogP contribution in [0.25, 0.3) is 79.9 Å². The summed E-state index contributed by atoms with van der Waals surface area (Å²) >= 11 is 0. The maximum absolute atomic E-state index is 12.7. The monoisotopic (exact) mass is 2100 g/mol. The number of amidine groups is 1. The molecular formula is C100H108N14O21S8. The normalized spacial score (nSPS) is 20.3. The predicted molar refractivity (Wildman–Crippen MR) is 551 cm³/mol. The first kappa shape index (κ1) is 111. The molecule has 0 spiro atoms. The quantitative estimate of drug-likeness (QED) is 0.0206. The summed E-state index contributed by atoms with van der Waals surface area (Å²) in [4.78, 5) is 40.3. The lowest BCUT2D eigenvalue weighted by Gasteiger charge is -2.33. The van der Waals surface area contributed by atoms with E-state index in [2.05, 4.69) is 66.4 Å². The molecule has 5 aliphatic rings. The minimum absolute atomic E-state index is 0.000823. The Kier molecular flexibility index (Phi) is 36.8. The third kappa shape index (κ3) is 29.7. The second-order valence-corrected chi connectivity index (χ2v) is 51.6. The van der Waals surface area contributed by atoms with E-state index in [-0.39, 0.29) is 56.1 Å². The van der Waals surface area contributed by atoms with Crippen molar-refractivity contribution in [2.75, 3.05) is 32.0 Å². The van der Waals surface area contributed by atoms with Gasteiger partial charge in [0.15, 0.2) is 34.5 Å². The molecule has 15 rings (SSSR count). The standard InChI is InChI=1S/C21H22N2O4S.2C20H23N3O4S2.C20H20N2O5S.C19H20N4O4S2/c1-14(2)28(25,26)23-19-12-13-20(24)27-21(19)17-6-4-15(5-7-17)16-8-10-18(22-3)11-9-16;1-14(2)29(26,27)23-20-13-28(24,25)22-12-19(20)17-6-4-15(5-7-17)16-8-10-18(21-3)11-9-16;1-14(2)28(24,25)23-19-12-13-22-29(26,27)20(19)17-6-4-15(5-7-17)16-8-10-18(21-3)11-9-16;1-13(2)28(24,25)22-18-12-26-20(23)27-19(18)16-6-4-14(5-7-16)15-8-10-17(21-3)11-9-15;1-13(2)28(24,25)22-19-18(12-21-29(26,27)23-19)16-6-4-14(5-7-16)15-8-10-17(20-3)11-9-15/h4-11,14,19,21,23H,12-13H2,1-2H3;2*4-11,14,19-20,22-23H,12-13H2,1-2H3;4-11,13,18-19,22H,12H2,1-2H3;4-11,13,18,21H,12H2,1-2H3,(H,22,23). The zero-order valence-electron chi connectivity index (χ0n) is 79.4. The molecule has 0 amide bonds. The van der Waals surface area contributed by atoms with Gasteiger partial charge in [-0.15, -0.1) is 4.40 Å². The van der Waals surface area contributed by atoms with Gasteiger partial charge >= 0.3 is 22.3 Å². The number of nitrogens with zero attached hydrogens (tertiary/aromatic N) is 6. The Labute approximate surface area is 837 Å². The summed E-state index contributed by atoms with van der Waals surface area (Å²) in [5.74, 6) is -1.63. The van der Waals surface area contributed by atoms with Gasteiger partial charge < -0.3 is 14.2 Å². The molecule has 8 N–H and O–H groups in total. The Morgan fingerprint density at radius 3 is 1.01 bits per heavy atom. The van der Waals surface area contributed by atoms with Gasteiger partial charge in [-0.2, -0.15) is 13.1 Å². The van der Waals surface area contributed by atoms with Gasteiger partial charge in [0.05, 0.1) is 82.9 Å². The summed E-state index contributed by atoms with van der Waals surface area (Å²) in [6.07, 6.45) is -1.32. The maximum Gasteiger partial charge on any atom is 0.509 e. The summed E-state index contributed by atoms with van der Waals surface area (Å²) in [6.45, 7) is 50.9. The Hall–Kier alpha value is -12.8. The first-order chi connectivity index (χ1) is 67.5. The van der Waals surface area contributed by atoms with Gasteiger partial charge in [-0.05, 0) is 166 Å². The van der Waals surface area contributed by atoms with Crippen molar-refractivity contribution in [3.8, 4) is 55.6 Å². The predicted octanol–water partition coefficient (Wildman–Crippen LogP) is 15.9. The van der Waals surface area contributed by atoms with E-state index >= 15 is 0 Å². The molecule has 43 heteroatoms. The number of ether oxygens (including phenoxy) is 3. The number of hydrogen-bond donors (Lipinski definition) is 8. The highest BCUT2D eigenvalue weighted by Crippen LogP contribution is 2.39. The van der Waals surface area contributed by atoms with E-state index in [1.54, 1.807) is 152 Å². The van der Waals surface area contributed by atoms with E-state index in [1.807, 2.05) is 146 Å². The second kappa shape index (κ2) is 47.6. The lowest BCUT2D eigenvalue weighted by molar-refractivity contribution is -0.156. The van der Waals surface area contributed by atoms with E-state index in [0.717, 1.165) is 72.3 Å². The van der Waals surface area contributed by atoms with Crippen molar-refractivity contribution in [3.63, 3.8) is 0 Å². The molecule has 5 aliphatic heterocycles. The summed E-state index contributed by atoms with van der Waals surface area (Å²) in [5, 5.41) is -4.23. The number of nitrogens with one attached hydrogen (secondary N) is 8. The Morgan fingerprint density at radius 2 is 0.657 bits per heavy atom. The highest BCUT2D eigenvalue weighted by atomic mass is 32.2. The molecule has 4 saturated heterocycles. The van der Waals surface area contributed by atoms with Crippen LogP contribution < -0.4 is 37.8 Å². The lowest BCUT2D eigenvalue weighted by atomic mass is 9.91. The molecule has 0 saturated carbocycles. The average Bonchev–Trinajstić information content (AvgIpc) is 0.771. The minimum Gasteiger partial charge on any atom is -0.456 e. The topological polar surface area (TPSA) is 465 Å². The Morgan fingerprint density at radius 1 is 0.350 bits per heavy atom. The average molecular weight is 2100 g/mol. The van der Waals surface area contributed by atoms with Crippen molar-refractivity contribution >= 4 is 127 Å². The summed E-state index contributed by atoms with van der Waals surface area (Å²) in [7, 11) is -29.2. The fraction of sp³-hybridized carbons (Fsp3) is 0.320. The first-order valence-corrected chi connectivity index (χ1v) is 57.4. The van der Waals surface area contributed by atoms with E-state index in [0.29, 0.717) is 52.4 Å². The number of benzene rings is 10. The third-order valence-corrected chi connectivity index (χ3v) is 37.2. The number of cyclic esters (lactones) is 3. The molecule has 9 unspecified atom stereocenters. The molecule has 0 radical (unpaired) electrons. The van der Waals surface area contributed by atoms with Gasteiger partial charge in [0, 0.05) is 44.1 Å². The van der Waals surface area contributed by atoms with Crippen LogP contribution in [0.15, 0.2) is 247 Å². The molecule has 0 aliphatic carbocycles. The van der Waals surface area contributed by atoms with Gasteiger partial charge in [-0.3, -0.25) is 9.52 Å². The third-order valence-electron chi connectivity index (χ3n) is 23.8. The van der Waals surface area contributed by atoms with Crippen LogP contribution in [-0.4, -0.2) is 168 Å². The smallest absolute Gasteiger partial charge is 0.456 e. The number of sulfonamides is 7. The zero-order valence-corrected chi connectivity index (χ0v) is 85.9. The zero-order chi connectivity index (χ0) is 104. The molecule has 10 aromatic carbocycles. The number of carbonyl (C=O) groups is 2. The van der Waals surface area contributed by atoms with E-state index < -0.39 is 160 Å². The van der Waals surface area contributed by atoms with Crippen molar-refractivity contribution in [2.45, 2.75) is 168 Å². The molecule has 752 valence electrons. The van der Waals surface area contributed by atoms with Crippen molar-refractivity contribution in [2.24, 2.45) is 4.40 Å². The fourth-order valence-electron chi connectivity index (χ4n) is 15.2. The number of carbonyl (C=O) groups excluding carboxylic acids is 2. The van der Waals surface area contributed by atoms with Crippen LogP contribution in [0.4, 0.5) is 33.2 Å². The summed E-state index contributed by atoms with van der Waals surface area (Å²) in [5.41, 5.74) is 15.7. The first-order valence-electron chi connectivity index (χ1n) is 45.0. The molecule has 9 atom stereocenters. The van der Waals surface area contributed by atoms with Crippen LogP contribution >= 0.6 is 0 Å². The van der Waals surface area contributed by atoms with Crippen molar-refractivity contribution in [3.05, 3.63) is 328 Å². The van der Waals surface area contributed by atoms with Gasteiger partial charge in [-0.1, -0.05) is 243 Å². The fourth-order valence-corrected chi connectivity index (χ4v) is 23.8. The van der Waals surface area contributed by atoms with Gasteiger partial charge in [0.1, 0.15) is 23.8 Å². The molecular weight excluding hydrogens is 1990 g/mol. The number of hydrogen-bond acceptors (Lipinski definition) is 21.